The van der Waals surface area contributed by atoms with Gasteiger partial charge in [0.1, 0.15) is 5.75 Å². The molecule has 2 aromatic rings. The Labute approximate surface area is 172 Å². The number of aryl methyl sites for hydroxylation is 1. The van der Waals surface area contributed by atoms with Gasteiger partial charge in [-0.15, -0.1) is 12.4 Å². The second-order valence-corrected chi connectivity index (χ2v) is 6.93. The molecule has 0 aliphatic heterocycles. The summed E-state index contributed by atoms with van der Waals surface area (Å²) >= 11 is 6.59. The number of rotatable bonds is 7. The zero-order chi connectivity index (χ0) is 18.5. The van der Waals surface area contributed by atoms with E-state index in [0.717, 1.165) is 38.0 Å². The summed E-state index contributed by atoms with van der Waals surface area (Å²) in [6.45, 7) is 0.942. The standard InChI is InChI=1S/C21H26ClNO3.ClH/c1-24-17-8-4-14(5-9-17)10-11-23-16-7-6-15-12-19(25-2)21(26-3)20(22)18(15)13-16;/h4-5,8-9,12,16,23H,6-7,10-11,13H2,1-3H3;1H. The first kappa shape index (κ1) is 21.7. The van der Waals surface area contributed by atoms with Crippen LogP contribution < -0.4 is 19.5 Å². The van der Waals surface area contributed by atoms with Gasteiger partial charge in [-0.2, -0.15) is 0 Å². The first-order chi connectivity index (χ1) is 12.7. The summed E-state index contributed by atoms with van der Waals surface area (Å²) in [5, 5.41) is 4.35. The van der Waals surface area contributed by atoms with Gasteiger partial charge in [0.25, 0.3) is 0 Å². The molecule has 1 aliphatic rings. The summed E-state index contributed by atoms with van der Waals surface area (Å²) in [5.41, 5.74) is 3.75. The van der Waals surface area contributed by atoms with Gasteiger partial charge in [-0.1, -0.05) is 23.7 Å². The van der Waals surface area contributed by atoms with Gasteiger partial charge in [0.05, 0.1) is 26.4 Å². The smallest absolute Gasteiger partial charge is 0.179 e. The van der Waals surface area contributed by atoms with Crippen molar-refractivity contribution in [3.8, 4) is 17.2 Å². The van der Waals surface area contributed by atoms with Gasteiger partial charge >= 0.3 is 0 Å². The lowest BCUT2D eigenvalue weighted by atomic mass is 9.87. The molecular weight excluding hydrogens is 385 g/mol. The molecule has 27 heavy (non-hydrogen) atoms. The van der Waals surface area contributed by atoms with Crippen molar-refractivity contribution < 1.29 is 14.2 Å². The quantitative estimate of drug-likeness (QED) is 0.728. The molecule has 1 unspecified atom stereocenters. The van der Waals surface area contributed by atoms with Gasteiger partial charge in [0, 0.05) is 6.04 Å². The molecule has 0 spiro atoms. The number of ether oxygens (including phenoxy) is 3. The van der Waals surface area contributed by atoms with Crippen LogP contribution in [0.3, 0.4) is 0 Å². The number of methoxy groups -OCH3 is 3. The average Bonchev–Trinajstić information content (AvgIpc) is 2.68. The second kappa shape index (κ2) is 10.1. The number of benzene rings is 2. The van der Waals surface area contributed by atoms with E-state index in [1.54, 1.807) is 21.3 Å². The Kier molecular flexibility index (Phi) is 8.08. The van der Waals surface area contributed by atoms with E-state index in [4.69, 9.17) is 25.8 Å². The van der Waals surface area contributed by atoms with E-state index in [-0.39, 0.29) is 12.4 Å². The third-order valence-electron chi connectivity index (χ3n) is 5.02. The highest BCUT2D eigenvalue weighted by Crippen LogP contribution is 2.42. The lowest BCUT2D eigenvalue weighted by Gasteiger charge is -2.28. The van der Waals surface area contributed by atoms with Gasteiger partial charge in [-0.05, 0) is 67.1 Å². The van der Waals surface area contributed by atoms with Gasteiger partial charge in [0.15, 0.2) is 11.5 Å². The molecule has 1 atom stereocenters. The molecule has 0 amide bonds. The topological polar surface area (TPSA) is 39.7 Å². The molecule has 1 aliphatic carbocycles. The van der Waals surface area contributed by atoms with E-state index in [0.29, 0.717) is 22.6 Å². The predicted molar refractivity (Wildman–Crippen MR) is 112 cm³/mol. The Hall–Kier alpha value is -1.62. The molecule has 0 bridgehead atoms. The van der Waals surface area contributed by atoms with Crippen LogP contribution >= 0.6 is 24.0 Å². The third kappa shape index (κ3) is 5.01. The molecule has 2 aromatic carbocycles. The van der Waals surface area contributed by atoms with E-state index >= 15 is 0 Å². The van der Waals surface area contributed by atoms with Gasteiger partial charge < -0.3 is 19.5 Å². The number of fused-ring (bicyclic) bond motifs is 1. The summed E-state index contributed by atoms with van der Waals surface area (Å²) in [6, 6.07) is 10.7. The molecule has 1 N–H and O–H groups in total. The van der Waals surface area contributed by atoms with Gasteiger partial charge in [-0.3, -0.25) is 0 Å². The van der Waals surface area contributed by atoms with Crippen LogP contribution in [0, 0.1) is 0 Å². The minimum absolute atomic E-state index is 0. The molecule has 148 valence electrons. The van der Waals surface area contributed by atoms with Crippen molar-refractivity contribution in [2.24, 2.45) is 0 Å². The van der Waals surface area contributed by atoms with Crippen LogP contribution in [0.2, 0.25) is 5.02 Å². The maximum Gasteiger partial charge on any atom is 0.179 e. The summed E-state index contributed by atoms with van der Waals surface area (Å²) in [7, 11) is 4.96. The summed E-state index contributed by atoms with van der Waals surface area (Å²) < 4.78 is 16.0. The van der Waals surface area contributed by atoms with E-state index < -0.39 is 0 Å². The molecule has 0 saturated carbocycles. The highest BCUT2D eigenvalue weighted by atomic mass is 35.5. The summed E-state index contributed by atoms with van der Waals surface area (Å²) in [5.74, 6) is 2.23. The van der Waals surface area contributed by atoms with Crippen LogP contribution in [0.1, 0.15) is 23.1 Å². The van der Waals surface area contributed by atoms with E-state index in [1.807, 2.05) is 12.1 Å². The fourth-order valence-corrected chi connectivity index (χ4v) is 3.92. The number of hydrogen-bond donors (Lipinski definition) is 1. The zero-order valence-corrected chi connectivity index (χ0v) is 17.6. The fourth-order valence-electron chi connectivity index (χ4n) is 3.55. The Bertz CT molecular complexity index is 750. The predicted octanol–water partition coefficient (Wildman–Crippen LogP) is 4.48. The SMILES string of the molecule is COc1ccc(CCNC2CCc3cc(OC)c(OC)c(Cl)c3C2)cc1.Cl. The van der Waals surface area contributed by atoms with Crippen LogP contribution in [0.5, 0.6) is 17.2 Å². The van der Waals surface area contributed by atoms with Crippen LogP contribution in [0.15, 0.2) is 30.3 Å². The summed E-state index contributed by atoms with van der Waals surface area (Å²) in [4.78, 5) is 0. The number of nitrogens with one attached hydrogen (secondary N) is 1. The fraction of sp³-hybridized carbons (Fsp3) is 0.429. The van der Waals surface area contributed by atoms with Crippen LogP contribution in [-0.4, -0.2) is 33.9 Å². The minimum atomic E-state index is 0. The highest BCUT2D eigenvalue weighted by Gasteiger charge is 2.25. The maximum absolute atomic E-state index is 6.59. The largest absolute Gasteiger partial charge is 0.497 e. The normalized spacial score (nSPS) is 15.5. The van der Waals surface area contributed by atoms with Crippen LogP contribution in [-0.2, 0) is 19.3 Å². The molecule has 0 heterocycles. The van der Waals surface area contributed by atoms with E-state index in [2.05, 4.69) is 23.5 Å². The molecule has 3 rings (SSSR count). The van der Waals surface area contributed by atoms with Crippen molar-refractivity contribution in [2.75, 3.05) is 27.9 Å². The van der Waals surface area contributed by atoms with Crippen molar-refractivity contribution in [3.05, 3.63) is 52.0 Å². The Morgan fingerprint density at radius 3 is 2.44 bits per heavy atom. The third-order valence-corrected chi connectivity index (χ3v) is 5.42. The average molecular weight is 412 g/mol. The molecular formula is C21H27Cl2NO3. The molecule has 4 nitrogen and oxygen atoms in total. The lowest BCUT2D eigenvalue weighted by Crippen LogP contribution is -2.36. The van der Waals surface area contributed by atoms with Crippen molar-refractivity contribution in [1.82, 2.24) is 5.32 Å². The first-order valence-corrected chi connectivity index (χ1v) is 9.32. The van der Waals surface area contributed by atoms with Crippen LogP contribution in [0.25, 0.3) is 0 Å². The Morgan fingerprint density at radius 1 is 1.07 bits per heavy atom. The molecule has 0 radical (unpaired) electrons. The Balaban J connectivity index is 0.00000261. The van der Waals surface area contributed by atoms with Crippen molar-refractivity contribution in [1.29, 1.82) is 0 Å². The number of halogens is 2. The summed E-state index contributed by atoms with van der Waals surface area (Å²) in [6.07, 6.45) is 4.00. The zero-order valence-electron chi connectivity index (χ0n) is 16.0. The van der Waals surface area contributed by atoms with E-state index in [9.17, 15) is 0 Å². The van der Waals surface area contributed by atoms with Crippen molar-refractivity contribution in [3.63, 3.8) is 0 Å². The number of hydrogen-bond acceptors (Lipinski definition) is 4. The lowest BCUT2D eigenvalue weighted by molar-refractivity contribution is 0.352. The molecule has 0 fully saturated rings. The molecule has 6 heteroatoms. The highest BCUT2D eigenvalue weighted by molar-refractivity contribution is 6.33. The minimum Gasteiger partial charge on any atom is -0.497 e. The van der Waals surface area contributed by atoms with Gasteiger partial charge in [-0.25, -0.2) is 0 Å². The maximum atomic E-state index is 6.59. The second-order valence-electron chi connectivity index (χ2n) is 6.56. The van der Waals surface area contributed by atoms with E-state index in [1.165, 1.54) is 16.7 Å². The first-order valence-electron chi connectivity index (χ1n) is 8.94. The van der Waals surface area contributed by atoms with Crippen LogP contribution in [0.4, 0.5) is 0 Å². The van der Waals surface area contributed by atoms with Crippen molar-refractivity contribution in [2.45, 2.75) is 31.7 Å². The Morgan fingerprint density at radius 2 is 1.81 bits per heavy atom. The van der Waals surface area contributed by atoms with Gasteiger partial charge in [0.2, 0.25) is 0 Å². The van der Waals surface area contributed by atoms with Crippen molar-refractivity contribution >= 4 is 24.0 Å². The molecule has 0 saturated heterocycles. The molecule has 0 aromatic heterocycles. The monoisotopic (exact) mass is 411 g/mol.